The van der Waals surface area contributed by atoms with Gasteiger partial charge in [0.25, 0.3) is 0 Å². The molecule has 1 aromatic carbocycles. The number of rotatable bonds is 2. The SMILES string of the molecule is CCOC(=O)[C@@]12C[C@H]1CC13c4ccccc4CCC[C@H]1[C@@H]32. The smallest absolute Gasteiger partial charge is 0.312 e. The van der Waals surface area contributed by atoms with Crippen molar-refractivity contribution in [3.63, 3.8) is 0 Å². The average Bonchev–Trinajstić information content (AvgIpc) is 3.34. The first kappa shape index (κ1) is 12.3. The second-order valence-electron chi connectivity index (χ2n) is 7.54. The molecule has 5 atom stereocenters. The fourth-order valence-electron chi connectivity index (χ4n) is 6.26. The van der Waals surface area contributed by atoms with Crippen molar-refractivity contribution >= 4 is 5.97 Å². The number of esters is 1. The molecule has 21 heavy (non-hydrogen) atoms. The predicted molar refractivity (Wildman–Crippen MR) is 79.8 cm³/mol. The molecule has 5 rings (SSSR count). The van der Waals surface area contributed by atoms with E-state index >= 15 is 0 Å². The van der Waals surface area contributed by atoms with E-state index in [1.807, 2.05) is 6.92 Å². The number of aryl methyl sites for hydroxylation is 1. The third-order valence-corrected chi connectivity index (χ3v) is 6.94. The van der Waals surface area contributed by atoms with Crippen LogP contribution < -0.4 is 0 Å². The van der Waals surface area contributed by atoms with Crippen LogP contribution >= 0.6 is 0 Å². The highest BCUT2D eigenvalue weighted by Gasteiger charge is 2.87. The number of benzene rings is 1. The van der Waals surface area contributed by atoms with Gasteiger partial charge in [-0.2, -0.15) is 0 Å². The minimum atomic E-state index is -0.0921. The van der Waals surface area contributed by atoms with Crippen molar-refractivity contribution in [1.29, 1.82) is 0 Å². The van der Waals surface area contributed by atoms with Gasteiger partial charge in [0, 0.05) is 5.41 Å². The summed E-state index contributed by atoms with van der Waals surface area (Å²) in [5, 5.41) is 0. The zero-order valence-electron chi connectivity index (χ0n) is 12.6. The Balaban J connectivity index is 1.59. The molecule has 1 aromatic rings. The van der Waals surface area contributed by atoms with Crippen molar-refractivity contribution in [2.45, 2.75) is 44.4 Å². The van der Waals surface area contributed by atoms with E-state index < -0.39 is 0 Å². The second-order valence-corrected chi connectivity index (χ2v) is 7.54. The van der Waals surface area contributed by atoms with E-state index in [0.29, 0.717) is 23.9 Å². The molecule has 0 N–H and O–H groups in total. The van der Waals surface area contributed by atoms with E-state index in [4.69, 9.17) is 4.74 Å². The molecule has 0 aromatic heterocycles. The van der Waals surface area contributed by atoms with Crippen LogP contribution in [0, 0.1) is 23.2 Å². The van der Waals surface area contributed by atoms with Crippen LogP contribution in [0.3, 0.4) is 0 Å². The molecule has 3 fully saturated rings. The summed E-state index contributed by atoms with van der Waals surface area (Å²) in [5.41, 5.74) is 3.37. The number of ether oxygens (including phenoxy) is 1. The molecule has 4 aliphatic rings. The van der Waals surface area contributed by atoms with Crippen LogP contribution in [0.2, 0.25) is 0 Å². The summed E-state index contributed by atoms with van der Waals surface area (Å²) in [6, 6.07) is 9.01. The highest BCUT2D eigenvalue weighted by atomic mass is 16.5. The lowest BCUT2D eigenvalue weighted by Gasteiger charge is -2.18. The summed E-state index contributed by atoms with van der Waals surface area (Å²) < 4.78 is 5.45. The molecule has 0 aliphatic heterocycles. The summed E-state index contributed by atoms with van der Waals surface area (Å²) in [6.45, 7) is 2.45. The van der Waals surface area contributed by atoms with Crippen molar-refractivity contribution in [2.24, 2.45) is 23.2 Å². The van der Waals surface area contributed by atoms with Gasteiger partial charge in [0.1, 0.15) is 0 Å². The Morgan fingerprint density at radius 2 is 2.19 bits per heavy atom. The molecule has 0 bridgehead atoms. The molecule has 0 heterocycles. The zero-order chi connectivity index (χ0) is 14.2. The lowest BCUT2D eigenvalue weighted by atomic mass is 9.85. The van der Waals surface area contributed by atoms with E-state index in [0.717, 1.165) is 12.3 Å². The lowest BCUT2D eigenvalue weighted by Crippen LogP contribution is -2.23. The van der Waals surface area contributed by atoms with Gasteiger partial charge in [-0.1, -0.05) is 24.3 Å². The number of fused-ring (bicyclic) bond motifs is 4. The molecule has 3 saturated carbocycles. The van der Waals surface area contributed by atoms with Crippen LogP contribution in [0.4, 0.5) is 0 Å². The zero-order valence-corrected chi connectivity index (χ0v) is 12.6. The minimum Gasteiger partial charge on any atom is -0.466 e. The first-order chi connectivity index (χ1) is 10.2. The van der Waals surface area contributed by atoms with Gasteiger partial charge >= 0.3 is 5.97 Å². The van der Waals surface area contributed by atoms with Crippen molar-refractivity contribution in [2.75, 3.05) is 6.61 Å². The van der Waals surface area contributed by atoms with Gasteiger partial charge in [0.15, 0.2) is 0 Å². The topological polar surface area (TPSA) is 26.3 Å². The fraction of sp³-hybridized carbons (Fsp3) is 0.632. The molecule has 1 unspecified atom stereocenters. The highest BCUT2D eigenvalue weighted by molar-refractivity contribution is 5.84. The van der Waals surface area contributed by atoms with Crippen LogP contribution in [0.1, 0.15) is 43.7 Å². The Morgan fingerprint density at radius 3 is 3.05 bits per heavy atom. The maximum Gasteiger partial charge on any atom is 0.312 e. The molecule has 110 valence electrons. The molecule has 0 radical (unpaired) electrons. The van der Waals surface area contributed by atoms with Gasteiger partial charge in [-0.05, 0) is 67.9 Å². The summed E-state index contributed by atoms with van der Waals surface area (Å²) in [7, 11) is 0. The maximum absolute atomic E-state index is 12.6. The Morgan fingerprint density at radius 1 is 1.33 bits per heavy atom. The van der Waals surface area contributed by atoms with Crippen LogP contribution in [-0.2, 0) is 21.4 Å². The minimum absolute atomic E-state index is 0.0921. The molecule has 0 amide bonds. The molecule has 2 heteroatoms. The molecule has 2 nitrogen and oxygen atoms in total. The lowest BCUT2D eigenvalue weighted by molar-refractivity contribution is -0.151. The third-order valence-electron chi connectivity index (χ3n) is 6.94. The average molecular weight is 282 g/mol. The van der Waals surface area contributed by atoms with Crippen LogP contribution in [0.15, 0.2) is 24.3 Å². The van der Waals surface area contributed by atoms with Gasteiger partial charge in [-0.25, -0.2) is 0 Å². The monoisotopic (exact) mass is 282 g/mol. The largest absolute Gasteiger partial charge is 0.466 e. The standard InChI is InChI=1S/C19H22O2/c1-2-21-17(20)18-10-13(18)11-19-14-8-4-3-6-12(14)7-5-9-15(19)16(18)19/h3-4,6,8,13,15-16H,2,5,7,9-11H2,1H3/t13-,15-,16+,18-,19?/m0/s1. The van der Waals surface area contributed by atoms with Crippen LogP contribution in [0.25, 0.3) is 0 Å². The van der Waals surface area contributed by atoms with Crippen molar-refractivity contribution in [3.05, 3.63) is 35.4 Å². The van der Waals surface area contributed by atoms with Crippen molar-refractivity contribution in [3.8, 4) is 0 Å². The summed E-state index contributed by atoms with van der Waals surface area (Å²) in [6.07, 6.45) is 6.13. The fourth-order valence-corrected chi connectivity index (χ4v) is 6.26. The number of carbonyl (C=O) groups is 1. The summed E-state index contributed by atoms with van der Waals surface area (Å²) in [5.74, 6) is 2.03. The van der Waals surface area contributed by atoms with Gasteiger partial charge in [0.05, 0.1) is 12.0 Å². The van der Waals surface area contributed by atoms with Crippen molar-refractivity contribution in [1.82, 2.24) is 0 Å². The molecule has 4 aliphatic carbocycles. The Kier molecular flexibility index (Phi) is 2.17. The third kappa shape index (κ3) is 1.24. The molecular weight excluding hydrogens is 260 g/mol. The maximum atomic E-state index is 12.6. The van der Waals surface area contributed by atoms with Gasteiger partial charge in [0.2, 0.25) is 0 Å². The Bertz CT molecular complexity index is 636. The number of carbonyl (C=O) groups excluding carboxylic acids is 1. The van der Waals surface area contributed by atoms with Gasteiger partial charge in [-0.15, -0.1) is 0 Å². The van der Waals surface area contributed by atoms with Crippen molar-refractivity contribution < 1.29 is 9.53 Å². The van der Waals surface area contributed by atoms with E-state index in [1.165, 1.54) is 25.7 Å². The first-order valence-electron chi connectivity index (χ1n) is 8.50. The van der Waals surface area contributed by atoms with E-state index in [1.54, 1.807) is 11.1 Å². The van der Waals surface area contributed by atoms with Crippen LogP contribution in [-0.4, -0.2) is 12.6 Å². The molecule has 1 spiro atoms. The number of hydrogen-bond acceptors (Lipinski definition) is 2. The Hall–Kier alpha value is -1.31. The van der Waals surface area contributed by atoms with Gasteiger partial charge in [-0.3, -0.25) is 4.79 Å². The normalized spacial score (nSPS) is 44.7. The Labute approximate surface area is 125 Å². The predicted octanol–water partition coefficient (Wildman–Crippen LogP) is 3.48. The summed E-state index contributed by atoms with van der Waals surface area (Å²) >= 11 is 0. The molecular formula is C19H22O2. The quantitative estimate of drug-likeness (QED) is 0.776. The van der Waals surface area contributed by atoms with E-state index in [9.17, 15) is 4.79 Å². The van der Waals surface area contributed by atoms with Crippen LogP contribution in [0.5, 0.6) is 0 Å². The first-order valence-corrected chi connectivity index (χ1v) is 8.50. The van der Waals surface area contributed by atoms with E-state index in [-0.39, 0.29) is 11.4 Å². The highest BCUT2D eigenvalue weighted by Crippen LogP contribution is 2.87. The molecule has 0 saturated heterocycles. The second kappa shape index (κ2) is 3.71. The van der Waals surface area contributed by atoms with E-state index in [2.05, 4.69) is 24.3 Å². The summed E-state index contributed by atoms with van der Waals surface area (Å²) in [4.78, 5) is 12.6. The van der Waals surface area contributed by atoms with Gasteiger partial charge < -0.3 is 4.74 Å². The number of hydrogen-bond donors (Lipinski definition) is 0.